The highest BCUT2D eigenvalue weighted by molar-refractivity contribution is 6.26. The Balaban J connectivity index is 1.62. The lowest BCUT2D eigenvalue weighted by Crippen LogP contribution is -2.52. The first kappa shape index (κ1) is 23.5. The van der Waals surface area contributed by atoms with Crippen LogP contribution in [0.15, 0.2) is 66.7 Å². The maximum atomic E-state index is 13.7. The van der Waals surface area contributed by atoms with E-state index in [4.69, 9.17) is 0 Å². The molecular weight excluding hydrogens is 426 g/mol. The van der Waals surface area contributed by atoms with Gasteiger partial charge in [-0.25, -0.2) is 0 Å². The molecule has 0 fully saturated rings. The van der Waals surface area contributed by atoms with Gasteiger partial charge in [0.25, 0.3) is 5.91 Å². The monoisotopic (exact) mass is 457 g/mol. The van der Waals surface area contributed by atoms with Crippen molar-refractivity contribution in [1.29, 1.82) is 0 Å². The molecule has 4 rings (SSSR count). The summed E-state index contributed by atoms with van der Waals surface area (Å²) in [5.41, 5.74) is 2.28. The molecule has 0 saturated heterocycles. The number of hydrogen-bond acceptors (Lipinski definition) is 3. The van der Waals surface area contributed by atoms with Crippen molar-refractivity contribution < 1.29 is 14.4 Å². The van der Waals surface area contributed by atoms with Gasteiger partial charge in [0.1, 0.15) is 12.6 Å². The molecule has 6 nitrogen and oxygen atoms in total. The zero-order chi connectivity index (χ0) is 24.2. The summed E-state index contributed by atoms with van der Waals surface area (Å²) in [5.74, 6) is -0.301. The highest BCUT2D eigenvalue weighted by Crippen LogP contribution is 2.37. The third-order valence-electron chi connectivity index (χ3n) is 6.21. The van der Waals surface area contributed by atoms with Crippen LogP contribution in [0.1, 0.15) is 43.1 Å². The fraction of sp³-hybridized carbons (Fsp3) is 0.321. The van der Waals surface area contributed by atoms with E-state index in [1.807, 2.05) is 81.4 Å². The Morgan fingerprint density at radius 2 is 1.68 bits per heavy atom. The van der Waals surface area contributed by atoms with Gasteiger partial charge in [-0.1, -0.05) is 75.4 Å². The van der Waals surface area contributed by atoms with E-state index < -0.39 is 6.04 Å². The van der Waals surface area contributed by atoms with Gasteiger partial charge in [-0.2, -0.15) is 0 Å². The highest BCUT2D eigenvalue weighted by atomic mass is 16.2. The van der Waals surface area contributed by atoms with Crippen molar-refractivity contribution in [3.8, 4) is 0 Å². The largest absolute Gasteiger partial charge is 0.354 e. The Labute approximate surface area is 200 Å². The summed E-state index contributed by atoms with van der Waals surface area (Å²) >= 11 is 0. The molecule has 0 aliphatic carbocycles. The van der Waals surface area contributed by atoms with Crippen LogP contribution in [-0.4, -0.2) is 41.8 Å². The number of anilines is 1. The van der Waals surface area contributed by atoms with E-state index in [1.165, 1.54) is 4.90 Å². The van der Waals surface area contributed by atoms with Gasteiger partial charge in [0.2, 0.25) is 11.8 Å². The molecule has 0 radical (unpaired) electrons. The van der Waals surface area contributed by atoms with Gasteiger partial charge in [0, 0.05) is 24.0 Å². The molecule has 3 aromatic carbocycles. The predicted octanol–water partition coefficient (Wildman–Crippen LogP) is 4.38. The van der Waals surface area contributed by atoms with Crippen molar-refractivity contribution in [1.82, 2.24) is 10.2 Å². The smallest absolute Gasteiger partial charge is 0.259 e. The topological polar surface area (TPSA) is 69.7 Å². The number of hydrogen-bond donors (Lipinski definition) is 1. The molecule has 1 heterocycles. The molecule has 0 spiro atoms. The second-order valence-corrected chi connectivity index (χ2v) is 9.14. The quantitative estimate of drug-likeness (QED) is 0.518. The molecule has 1 atom stereocenters. The van der Waals surface area contributed by atoms with E-state index in [0.29, 0.717) is 31.0 Å². The number of nitrogens with one attached hydrogen (secondary N) is 1. The minimum Gasteiger partial charge on any atom is -0.354 e. The Morgan fingerprint density at radius 1 is 0.971 bits per heavy atom. The van der Waals surface area contributed by atoms with E-state index in [2.05, 4.69) is 5.32 Å². The standard InChI is InChI=1S/C28H31N3O3/c1-4-23(27(33)29-16-19(2)3)30(17-20-10-6-5-7-11-20)25(32)18-31-24-15-9-13-21-12-8-14-22(26(21)24)28(31)34/h5-15,19,23H,4,16-18H2,1-3H3,(H,29,33). The van der Waals surface area contributed by atoms with Crippen molar-refractivity contribution >= 4 is 34.2 Å². The summed E-state index contributed by atoms with van der Waals surface area (Å²) in [7, 11) is 0. The van der Waals surface area contributed by atoms with E-state index in [9.17, 15) is 14.4 Å². The molecular formula is C28H31N3O3. The van der Waals surface area contributed by atoms with E-state index >= 15 is 0 Å². The van der Waals surface area contributed by atoms with Crippen molar-refractivity contribution in [3.63, 3.8) is 0 Å². The molecule has 3 amide bonds. The molecule has 176 valence electrons. The van der Waals surface area contributed by atoms with E-state index in [0.717, 1.165) is 22.0 Å². The van der Waals surface area contributed by atoms with Crippen LogP contribution >= 0.6 is 0 Å². The second-order valence-electron chi connectivity index (χ2n) is 9.14. The molecule has 0 bridgehead atoms. The average Bonchev–Trinajstić information content (AvgIpc) is 3.11. The Bertz CT molecular complexity index is 1200. The first-order valence-electron chi connectivity index (χ1n) is 11.9. The summed E-state index contributed by atoms with van der Waals surface area (Å²) in [6.07, 6.45) is 0.478. The lowest BCUT2D eigenvalue weighted by atomic mass is 10.1. The van der Waals surface area contributed by atoms with Gasteiger partial charge in [0.15, 0.2) is 0 Å². The van der Waals surface area contributed by atoms with Gasteiger partial charge in [-0.15, -0.1) is 0 Å². The Hall–Kier alpha value is -3.67. The first-order valence-corrected chi connectivity index (χ1v) is 11.9. The maximum Gasteiger partial charge on any atom is 0.259 e. The van der Waals surface area contributed by atoms with Crippen molar-refractivity contribution in [2.24, 2.45) is 5.92 Å². The zero-order valence-electron chi connectivity index (χ0n) is 20.0. The summed E-state index contributed by atoms with van der Waals surface area (Å²) in [5, 5.41) is 4.82. The number of amides is 3. The number of carbonyl (C=O) groups excluding carboxylic acids is 3. The van der Waals surface area contributed by atoms with Gasteiger partial charge in [-0.3, -0.25) is 19.3 Å². The van der Waals surface area contributed by atoms with Gasteiger partial charge in [-0.05, 0) is 35.4 Å². The van der Waals surface area contributed by atoms with Gasteiger partial charge < -0.3 is 10.2 Å². The minimum absolute atomic E-state index is 0.118. The van der Waals surface area contributed by atoms with Crippen LogP contribution in [0.3, 0.4) is 0 Å². The third-order valence-corrected chi connectivity index (χ3v) is 6.21. The summed E-state index contributed by atoms with van der Waals surface area (Å²) in [6, 6.07) is 20.4. The molecule has 0 aromatic heterocycles. The fourth-order valence-electron chi connectivity index (χ4n) is 4.48. The van der Waals surface area contributed by atoms with E-state index in [-0.39, 0.29) is 24.3 Å². The number of nitrogens with zero attached hydrogens (tertiary/aromatic N) is 2. The van der Waals surface area contributed by atoms with Crippen LogP contribution in [0.2, 0.25) is 0 Å². The molecule has 1 aliphatic heterocycles. The molecule has 6 heteroatoms. The number of benzene rings is 3. The number of carbonyl (C=O) groups is 3. The Kier molecular flexibility index (Phi) is 6.96. The van der Waals surface area contributed by atoms with Crippen LogP contribution in [0.5, 0.6) is 0 Å². The van der Waals surface area contributed by atoms with Gasteiger partial charge in [0.05, 0.1) is 5.69 Å². The van der Waals surface area contributed by atoms with Crippen LogP contribution in [0.25, 0.3) is 10.8 Å². The minimum atomic E-state index is -0.623. The normalized spacial score (nSPS) is 13.4. The van der Waals surface area contributed by atoms with Crippen molar-refractivity contribution in [2.45, 2.75) is 39.8 Å². The van der Waals surface area contributed by atoms with Gasteiger partial charge >= 0.3 is 0 Å². The third kappa shape index (κ3) is 4.67. The molecule has 3 aromatic rings. The van der Waals surface area contributed by atoms with Crippen LogP contribution in [0, 0.1) is 5.92 Å². The zero-order valence-corrected chi connectivity index (χ0v) is 20.0. The second kappa shape index (κ2) is 10.1. The lowest BCUT2D eigenvalue weighted by Gasteiger charge is -2.32. The van der Waals surface area contributed by atoms with Crippen molar-refractivity contribution in [3.05, 3.63) is 77.9 Å². The predicted molar refractivity (Wildman–Crippen MR) is 135 cm³/mol. The SMILES string of the molecule is CCC(C(=O)NCC(C)C)N(Cc1ccccc1)C(=O)CN1C(=O)c2cccc3cccc1c23. The lowest BCUT2D eigenvalue weighted by molar-refractivity contribution is -0.140. The Morgan fingerprint density at radius 3 is 2.35 bits per heavy atom. The van der Waals surface area contributed by atoms with Crippen molar-refractivity contribution in [2.75, 3.05) is 18.0 Å². The fourth-order valence-corrected chi connectivity index (χ4v) is 4.48. The molecule has 1 aliphatic rings. The molecule has 34 heavy (non-hydrogen) atoms. The van der Waals surface area contributed by atoms with Crippen LogP contribution in [-0.2, 0) is 16.1 Å². The first-order chi connectivity index (χ1) is 16.4. The summed E-state index contributed by atoms with van der Waals surface area (Å²) in [6.45, 7) is 6.70. The van der Waals surface area contributed by atoms with Crippen LogP contribution in [0.4, 0.5) is 5.69 Å². The summed E-state index contributed by atoms with van der Waals surface area (Å²) < 4.78 is 0. The maximum absolute atomic E-state index is 13.7. The molecule has 1 N–H and O–H groups in total. The summed E-state index contributed by atoms with van der Waals surface area (Å²) in [4.78, 5) is 43.1. The average molecular weight is 458 g/mol. The molecule has 1 unspecified atom stereocenters. The number of rotatable bonds is 9. The highest BCUT2D eigenvalue weighted by Gasteiger charge is 2.35. The molecule has 0 saturated carbocycles. The van der Waals surface area contributed by atoms with E-state index in [1.54, 1.807) is 11.0 Å². The van der Waals surface area contributed by atoms with Crippen LogP contribution < -0.4 is 10.2 Å².